The number of carbonyl (C=O) groups excluding carboxylic acids is 1. The first kappa shape index (κ1) is 15.5. The fourth-order valence-electron chi connectivity index (χ4n) is 3.02. The van der Waals surface area contributed by atoms with Gasteiger partial charge in [-0.15, -0.1) is 0 Å². The largest absolute Gasteiger partial charge is 0.356 e. The van der Waals surface area contributed by atoms with E-state index < -0.39 is 5.82 Å². The lowest BCUT2D eigenvalue weighted by Crippen LogP contribution is -2.36. The molecule has 1 aliphatic heterocycles. The average Bonchev–Trinajstić information content (AvgIpc) is 3.05. The van der Waals surface area contributed by atoms with Crippen molar-refractivity contribution in [2.75, 3.05) is 6.54 Å². The summed E-state index contributed by atoms with van der Waals surface area (Å²) in [5, 5.41) is 4.06. The first-order valence-electron chi connectivity index (χ1n) is 7.90. The molecule has 0 radical (unpaired) electrons. The van der Waals surface area contributed by atoms with Crippen molar-refractivity contribution in [1.29, 1.82) is 0 Å². The van der Waals surface area contributed by atoms with Gasteiger partial charge in [0.15, 0.2) is 5.76 Å². The lowest BCUT2D eigenvalue weighted by Gasteiger charge is -2.26. The number of benzene rings is 2. The van der Waals surface area contributed by atoms with E-state index in [1.165, 1.54) is 24.3 Å². The predicted molar refractivity (Wildman–Crippen MR) is 86.7 cm³/mol. The maximum atomic E-state index is 13.9. The normalized spacial score (nSPS) is 13.6. The van der Waals surface area contributed by atoms with E-state index in [4.69, 9.17) is 4.52 Å². The fraction of sp³-hybridized carbons (Fsp3) is 0.158. The monoisotopic (exact) mass is 340 g/mol. The van der Waals surface area contributed by atoms with Crippen LogP contribution < -0.4 is 0 Å². The smallest absolute Gasteiger partial charge is 0.257 e. The maximum Gasteiger partial charge on any atom is 0.257 e. The molecule has 2 aromatic carbocycles. The Labute approximate surface area is 142 Å². The van der Waals surface area contributed by atoms with E-state index >= 15 is 0 Å². The highest BCUT2D eigenvalue weighted by atomic mass is 19.1. The number of rotatable bonds is 2. The molecule has 6 heteroatoms. The van der Waals surface area contributed by atoms with Gasteiger partial charge < -0.3 is 9.42 Å². The van der Waals surface area contributed by atoms with Crippen molar-refractivity contribution in [1.82, 2.24) is 10.1 Å². The number of nitrogens with zero attached hydrogens (tertiary/aromatic N) is 2. The van der Waals surface area contributed by atoms with Crippen LogP contribution in [-0.2, 0) is 13.0 Å². The van der Waals surface area contributed by atoms with Crippen LogP contribution in [0.1, 0.15) is 21.6 Å². The minimum absolute atomic E-state index is 0.0470. The van der Waals surface area contributed by atoms with Crippen molar-refractivity contribution in [3.8, 4) is 11.3 Å². The molecular formula is C19H14F2N2O2. The van der Waals surface area contributed by atoms with Gasteiger partial charge in [0.25, 0.3) is 5.91 Å². The molecule has 0 spiro atoms. The van der Waals surface area contributed by atoms with E-state index in [1.54, 1.807) is 29.2 Å². The van der Waals surface area contributed by atoms with Crippen LogP contribution in [-0.4, -0.2) is 22.5 Å². The van der Waals surface area contributed by atoms with Crippen LogP contribution in [0.3, 0.4) is 0 Å². The van der Waals surface area contributed by atoms with Gasteiger partial charge in [-0.3, -0.25) is 4.79 Å². The molecule has 0 N–H and O–H groups in total. The number of halogens is 2. The summed E-state index contributed by atoms with van der Waals surface area (Å²) in [6.45, 7) is 0.717. The summed E-state index contributed by atoms with van der Waals surface area (Å²) in [7, 11) is 0. The second kappa shape index (κ2) is 6.12. The van der Waals surface area contributed by atoms with Crippen molar-refractivity contribution in [2.45, 2.75) is 13.0 Å². The number of amides is 1. The average molecular weight is 340 g/mol. The standard InChI is InChI=1S/C19H14F2N2O2/c20-13-7-5-12(6-8-13)18-15-11-23(10-9-17(15)22-25-18)19(24)14-3-1-2-4-16(14)21/h1-8H,9-11H2. The number of fused-ring (bicyclic) bond motifs is 1. The van der Waals surface area contributed by atoms with Crippen LogP contribution >= 0.6 is 0 Å². The summed E-state index contributed by atoms with van der Waals surface area (Å²) in [5.41, 5.74) is 2.29. The van der Waals surface area contributed by atoms with Gasteiger partial charge in [-0.1, -0.05) is 17.3 Å². The van der Waals surface area contributed by atoms with Crippen LogP contribution in [0.4, 0.5) is 8.78 Å². The van der Waals surface area contributed by atoms with Gasteiger partial charge >= 0.3 is 0 Å². The second-order valence-corrected chi connectivity index (χ2v) is 5.90. The summed E-state index contributed by atoms with van der Waals surface area (Å²) in [5.74, 6) is -0.730. The summed E-state index contributed by atoms with van der Waals surface area (Å²) in [4.78, 5) is 14.2. The van der Waals surface area contributed by atoms with Crippen LogP contribution in [0.25, 0.3) is 11.3 Å². The van der Waals surface area contributed by atoms with Crippen molar-refractivity contribution in [3.63, 3.8) is 0 Å². The Balaban J connectivity index is 1.65. The van der Waals surface area contributed by atoms with E-state index in [0.717, 1.165) is 11.3 Å². The molecule has 0 saturated carbocycles. The zero-order valence-corrected chi connectivity index (χ0v) is 13.2. The zero-order valence-electron chi connectivity index (χ0n) is 13.2. The zero-order chi connectivity index (χ0) is 17.4. The second-order valence-electron chi connectivity index (χ2n) is 5.90. The van der Waals surface area contributed by atoms with E-state index in [-0.39, 0.29) is 23.8 Å². The first-order chi connectivity index (χ1) is 12.1. The van der Waals surface area contributed by atoms with Crippen molar-refractivity contribution in [2.24, 2.45) is 0 Å². The van der Waals surface area contributed by atoms with Gasteiger partial charge in [0.1, 0.15) is 11.6 Å². The van der Waals surface area contributed by atoms with Crippen LogP contribution in [0, 0.1) is 11.6 Å². The molecule has 1 amide bonds. The summed E-state index contributed by atoms with van der Waals surface area (Å²) < 4.78 is 32.4. The Morgan fingerprint density at radius 1 is 1.08 bits per heavy atom. The Hall–Kier alpha value is -3.02. The Kier molecular flexibility index (Phi) is 3.80. The lowest BCUT2D eigenvalue weighted by atomic mass is 10.0. The van der Waals surface area contributed by atoms with E-state index in [1.807, 2.05) is 0 Å². The highest BCUT2D eigenvalue weighted by Crippen LogP contribution is 2.31. The molecule has 0 bridgehead atoms. The molecule has 3 aromatic rings. The number of carbonyl (C=O) groups is 1. The molecule has 1 aromatic heterocycles. The third-order valence-corrected chi connectivity index (χ3v) is 4.33. The summed E-state index contributed by atoms with van der Waals surface area (Å²) >= 11 is 0. The molecule has 0 fully saturated rings. The number of hydrogen-bond donors (Lipinski definition) is 0. The van der Waals surface area contributed by atoms with Gasteiger partial charge in [0.2, 0.25) is 0 Å². The Morgan fingerprint density at radius 3 is 2.60 bits per heavy atom. The molecule has 1 aliphatic rings. The number of hydrogen-bond acceptors (Lipinski definition) is 3. The molecule has 2 heterocycles. The molecule has 126 valence electrons. The maximum absolute atomic E-state index is 13.9. The molecule has 4 nitrogen and oxygen atoms in total. The summed E-state index contributed by atoms with van der Waals surface area (Å²) in [6.07, 6.45) is 0.528. The topological polar surface area (TPSA) is 46.3 Å². The number of aromatic nitrogens is 1. The van der Waals surface area contributed by atoms with Crippen molar-refractivity contribution in [3.05, 3.63) is 77.0 Å². The van der Waals surface area contributed by atoms with Gasteiger partial charge in [-0.25, -0.2) is 8.78 Å². The highest BCUT2D eigenvalue weighted by Gasteiger charge is 2.28. The van der Waals surface area contributed by atoms with E-state index in [9.17, 15) is 13.6 Å². The Morgan fingerprint density at radius 2 is 1.84 bits per heavy atom. The van der Waals surface area contributed by atoms with Crippen LogP contribution in [0.15, 0.2) is 53.1 Å². The lowest BCUT2D eigenvalue weighted by molar-refractivity contribution is 0.0730. The van der Waals surface area contributed by atoms with E-state index in [2.05, 4.69) is 5.16 Å². The van der Waals surface area contributed by atoms with Crippen LogP contribution in [0.5, 0.6) is 0 Å². The molecule has 0 unspecified atom stereocenters. The van der Waals surface area contributed by atoms with Gasteiger partial charge in [0, 0.05) is 24.1 Å². The third kappa shape index (κ3) is 2.80. The molecule has 4 rings (SSSR count). The molecule has 0 aliphatic carbocycles. The van der Waals surface area contributed by atoms with Crippen molar-refractivity contribution >= 4 is 5.91 Å². The third-order valence-electron chi connectivity index (χ3n) is 4.33. The highest BCUT2D eigenvalue weighted by molar-refractivity contribution is 5.94. The molecular weight excluding hydrogens is 326 g/mol. The quantitative estimate of drug-likeness (QED) is 0.712. The summed E-state index contributed by atoms with van der Waals surface area (Å²) in [6, 6.07) is 11.8. The molecule has 0 atom stereocenters. The minimum atomic E-state index is -0.539. The van der Waals surface area contributed by atoms with Gasteiger partial charge in [-0.2, -0.15) is 0 Å². The Bertz CT molecular complexity index is 935. The van der Waals surface area contributed by atoms with E-state index in [0.29, 0.717) is 24.3 Å². The SMILES string of the molecule is O=C(c1ccccc1F)N1CCc2noc(-c3ccc(F)cc3)c2C1. The minimum Gasteiger partial charge on any atom is -0.356 e. The van der Waals surface area contributed by atoms with Crippen LogP contribution in [0.2, 0.25) is 0 Å². The predicted octanol–water partition coefficient (Wildman–Crippen LogP) is 3.82. The first-order valence-corrected chi connectivity index (χ1v) is 7.90. The molecule has 25 heavy (non-hydrogen) atoms. The van der Waals surface area contributed by atoms with Gasteiger partial charge in [0.05, 0.1) is 17.8 Å². The van der Waals surface area contributed by atoms with Gasteiger partial charge in [-0.05, 0) is 36.4 Å². The fourth-order valence-corrected chi connectivity index (χ4v) is 3.02. The molecule has 0 saturated heterocycles. The van der Waals surface area contributed by atoms with Crippen molar-refractivity contribution < 1.29 is 18.1 Å².